The molecule has 1 rings (SSSR count). The SMILES string of the molecule is CC=C(C=CCCC)C=CC(N)=Nc1ccc(C)cc1. The van der Waals surface area contributed by atoms with E-state index < -0.39 is 0 Å². The van der Waals surface area contributed by atoms with Gasteiger partial charge < -0.3 is 5.73 Å². The van der Waals surface area contributed by atoms with E-state index in [9.17, 15) is 0 Å². The van der Waals surface area contributed by atoms with Crippen molar-refractivity contribution in [1.82, 2.24) is 0 Å². The van der Waals surface area contributed by atoms with Crippen molar-refractivity contribution in [2.75, 3.05) is 0 Å². The number of aryl methyl sites for hydroxylation is 1. The standard InChI is InChI=1S/C18H24N2/c1-4-6-7-8-16(5-2)11-14-18(19)20-17-12-9-15(3)10-13-17/h5,7-14H,4,6H2,1-3H3,(H2,19,20). The Morgan fingerprint density at radius 3 is 2.45 bits per heavy atom. The van der Waals surface area contributed by atoms with Crippen LogP contribution in [0.1, 0.15) is 32.3 Å². The molecule has 2 N–H and O–H groups in total. The fraction of sp³-hybridized carbons (Fsp3) is 0.278. The molecule has 106 valence electrons. The molecule has 1 aromatic rings. The lowest BCUT2D eigenvalue weighted by Crippen LogP contribution is -2.06. The van der Waals surface area contributed by atoms with Crippen LogP contribution >= 0.6 is 0 Å². The summed E-state index contributed by atoms with van der Waals surface area (Å²) in [7, 11) is 0. The first-order valence-corrected chi connectivity index (χ1v) is 7.07. The Balaban J connectivity index is 2.70. The van der Waals surface area contributed by atoms with Gasteiger partial charge in [0.25, 0.3) is 0 Å². The highest BCUT2D eigenvalue weighted by atomic mass is 14.8. The number of nitrogens with two attached hydrogens (primary N) is 1. The summed E-state index contributed by atoms with van der Waals surface area (Å²) in [6, 6.07) is 7.99. The summed E-state index contributed by atoms with van der Waals surface area (Å²) in [6.07, 6.45) is 12.4. The smallest absolute Gasteiger partial charge is 0.124 e. The van der Waals surface area contributed by atoms with Gasteiger partial charge in [-0.1, -0.05) is 55.3 Å². The molecule has 2 heteroatoms. The fourth-order valence-electron chi connectivity index (χ4n) is 1.62. The number of allylic oxidation sites excluding steroid dienone is 5. The number of aliphatic imine (C=N–C) groups is 1. The maximum Gasteiger partial charge on any atom is 0.124 e. The third kappa shape index (κ3) is 6.19. The van der Waals surface area contributed by atoms with E-state index in [-0.39, 0.29) is 0 Å². The summed E-state index contributed by atoms with van der Waals surface area (Å²) in [6.45, 7) is 6.24. The van der Waals surface area contributed by atoms with Crippen LogP contribution in [0.15, 0.2) is 65.2 Å². The molecule has 0 saturated carbocycles. The van der Waals surface area contributed by atoms with Crippen LogP contribution < -0.4 is 5.73 Å². The molecule has 0 aromatic heterocycles. The van der Waals surface area contributed by atoms with Crippen LogP contribution in [0, 0.1) is 6.92 Å². The Morgan fingerprint density at radius 1 is 1.15 bits per heavy atom. The van der Waals surface area contributed by atoms with E-state index in [1.165, 1.54) is 5.56 Å². The van der Waals surface area contributed by atoms with Crippen molar-refractivity contribution in [3.05, 3.63) is 65.8 Å². The quantitative estimate of drug-likeness (QED) is 0.447. The molecule has 0 amide bonds. The molecule has 0 unspecified atom stereocenters. The van der Waals surface area contributed by atoms with Gasteiger partial charge >= 0.3 is 0 Å². The van der Waals surface area contributed by atoms with E-state index in [4.69, 9.17) is 5.73 Å². The van der Waals surface area contributed by atoms with Crippen molar-refractivity contribution < 1.29 is 0 Å². The van der Waals surface area contributed by atoms with E-state index >= 15 is 0 Å². The normalized spacial score (nSPS) is 13.6. The zero-order valence-corrected chi connectivity index (χ0v) is 12.6. The molecule has 2 nitrogen and oxygen atoms in total. The van der Waals surface area contributed by atoms with Crippen LogP contribution in [-0.4, -0.2) is 5.84 Å². The average Bonchev–Trinajstić information content (AvgIpc) is 2.45. The van der Waals surface area contributed by atoms with Crippen LogP contribution in [0.25, 0.3) is 0 Å². The highest BCUT2D eigenvalue weighted by Crippen LogP contribution is 2.12. The largest absolute Gasteiger partial charge is 0.384 e. The van der Waals surface area contributed by atoms with E-state index in [2.05, 4.69) is 37.1 Å². The summed E-state index contributed by atoms with van der Waals surface area (Å²) in [5.41, 5.74) is 9.15. The second kappa shape index (κ2) is 8.92. The Kier molecular flexibility index (Phi) is 7.12. The van der Waals surface area contributed by atoms with Gasteiger partial charge in [-0.15, -0.1) is 0 Å². The predicted molar refractivity (Wildman–Crippen MR) is 89.4 cm³/mol. The van der Waals surface area contributed by atoms with Gasteiger partial charge in [0.1, 0.15) is 5.84 Å². The second-order valence-electron chi connectivity index (χ2n) is 4.69. The summed E-state index contributed by atoms with van der Waals surface area (Å²) >= 11 is 0. The minimum Gasteiger partial charge on any atom is -0.384 e. The first-order chi connectivity index (χ1) is 9.65. The first-order valence-electron chi connectivity index (χ1n) is 7.07. The first kappa shape index (κ1) is 16.0. The van der Waals surface area contributed by atoms with E-state index in [0.717, 1.165) is 24.1 Å². The van der Waals surface area contributed by atoms with Crippen LogP contribution in [0.3, 0.4) is 0 Å². The third-order valence-electron chi connectivity index (χ3n) is 2.84. The highest BCUT2D eigenvalue weighted by Gasteiger charge is 1.91. The second-order valence-corrected chi connectivity index (χ2v) is 4.69. The minimum absolute atomic E-state index is 0.511. The van der Waals surface area contributed by atoms with Crippen LogP contribution in [0.2, 0.25) is 0 Å². The van der Waals surface area contributed by atoms with Gasteiger partial charge in [0.2, 0.25) is 0 Å². The molecule has 0 aliphatic rings. The van der Waals surface area contributed by atoms with Crippen molar-refractivity contribution in [1.29, 1.82) is 0 Å². The van der Waals surface area contributed by atoms with Crippen molar-refractivity contribution in [3.63, 3.8) is 0 Å². The topological polar surface area (TPSA) is 38.4 Å². The Bertz CT molecular complexity index is 517. The molecule has 1 aromatic carbocycles. The minimum atomic E-state index is 0.511. The number of unbranched alkanes of at least 4 members (excludes halogenated alkanes) is 1. The van der Waals surface area contributed by atoms with Crippen LogP contribution in [0.4, 0.5) is 5.69 Å². The number of nitrogens with zero attached hydrogens (tertiary/aromatic N) is 1. The Morgan fingerprint density at radius 2 is 1.85 bits per heavy atom. The molecule has 0 aliphatic heterocycles. The molecule has 0 fully saturated rings. The van der Waals surface area contributed by atoms with E-state index in [0.29, 0.717) is 5.84 Å². The number of amidine groups is 1. The van der Waals surface area contributed by atoms with Gasteiger partial charge in [-0.2, -0.15) is 0 Å². The lowest BCUT2D eigenvalue weighted by molar-refractivity contribution is 0.958. The molecule has 0 heterocycles. The van der Waals surface area contributed by atoms with Crippen LogP contribution in [-0.2, 0) is 0 Å². The predicted octanol–water partition coefficient (Wildman–Crippen LogP) is 4.84. The van der Waals surface area contributed by atoms with E-state index in [1.54, 1.807) is 0 Å². The zero-order valence-electron chi connectivity index (χ0n) is 12.6. The summed E-state index contributed by atoms with van der Waals surface area (Å²) in [5, 5.41) is 0. The van der Waals surface area contributed by atoms with E-state index in [1.807, 2.05) is 43.3 Å². The molecular formula is C18H24N2. The van der Waals surface area contributed by atoms with Gasteiger partial charge in [0.05, 0.1) is 5.69 Å². The lowest BCUT2D eigenvalue weighted by Gasteiger charge is -1.97. The molecule has 20 heavy (non-hydrogen) atoms. The summed E-state index contributed by atoms with van der Waals surface area (Å²) < 4.78 is 0. The van der Waals surface area contributed by atoms with Crippen molar-refractivity contribution >= 4 is 11.5 Å². The highest BCUT2D eigenvalue weighted by molar-refractivity contribution is 5.93. The van der Waals surface area contributed by atoms with Crippen LogP contribution in [0.5, 0.6) is 0 Å². The molecule has 0 spiro atoms. The number of benzene rings is 1. The van der Waals surface area contributed by atoms with Crippen molar-refractivity contribution in [2.45, 2.75) is 33.6 Å². The van der Waals surface area contributed by atoms with Crippen molar-refractivity contribution in [3.8, 4) is 0 Å². The van der Waals surface area contributed by atoms with Gasteiger partial charge in [0, 0.05) is 0 Å². The fourth-order valence-corrected chi connectivity index (χ4v) is 1.62. The van der Waals surface area contributed by atoms with Crippen molar-refractivity contribution in [2.24, 2.45) is 10.7 Å². The Hall–Kier alpha value is -2.09. The summed E-state index contributed by atoms with van der Waals surface area (Å²) in [5.74, 6) is 0.511. The molecular weight excluding hydrogens is 244 g/mol. The Labute approximate surface area is 122 Å². The number of hydrogen-bond acceptors (Lipinski definition) is 1. The number of hydrogen-bond donors (Lipinski definition) is 1. The number of rotatable bonds is 6. The van der Waals surface area contributed by atoms with Gasteiger partial charge in [-0.25, -0.2) is 4.99 Å². The maximum absolute atomic E-state index is 5.91. The lowest BCUT2D eigenvalue weighted by atomic mass is 10.2. The molecule has 0 radical (unpaired) electrons. The van der Waals surface area contributed by atoms with Gasteiger partial charge in [-0.3, -0.25) is 0 Å². The molecule has 0 aliphatic carbocycles. The third-order valence-corrected chi connectivity index (χ3v) is 2.84. The zero-order chi connectivity index (χ0) is 14.8. The molecule has 0 saturated heterocycles. The maximum atomic E-state index is 5.91. The molecule has 0 bridgehead atoms. The molecule has 0 atom stereocenters. The van der Waals surface area contributed by atoms with Gasteiger partial charge in [-0.05, 0) is 44.1 Å². The average molecular weight is 268 g/mol. The summed E-state index contributed by atoms with van der Waals surface area (Å²) in [4.78, 5) is 4.36. The van der Waals surface area contributed by atoms with Gasteiger partial charge in [0.15, 0.2) is 0 Å². The monoisotopic (exact) mass is 268 g/mol.